The van der Waals surface area contributed by atoms with Gasteiger partial charge in [-0.05, 0) is 29.6 Å². The molecule has 2 aromatic rings. The highest BCUT2D eigenvalue weighted by Gasteiger charge is 2.15. The molecule has 1 aromatic heterocycles. The maximum absolute atomic E-state index is 12.0. The topological polar surface area (TPSA) is 49.4 Å². The predicted octanol–water partition coefficient (Wildman–Crippen LogP) is 3.77. The number of nitrogens with zero attached hydrogens (tertiary/aromatic N) is 1. The molecular formula is C14H12Cl2N2O2S. The molecule has 110 valence electrons. The first-order chi connectivity index (χ1) is 9.97. The molecule has 0 radical (unpaired) electrons. The third-order valence-corrected chi connectivity index (χ3v) is 4.26. The summed E-state index contributed by atoms with van der Waals surface area (Å²) >= 11 is 13.0. The van der Waals surface area contributed by atoms with Crippen molar-refractivity contribution in [2.24, 2.45) is 0 Å². The average Bonchev–Trinajstić information content (AvgIpc) is 2.96. The van der Waals surface area contributed by atoms with Crippen LogP contribution in [-0.4, -0.2) is 30.3 Å². The Kier molecular flexibility index (Phi) is 5.22. The minimum atomic E-state index is -0.305. The molecule has 0 unspecified atom stereocenters. The number of benzene rings is 1. The van der Waals surface area contributed by atoms with Gasteiger partial charge in [0.25, 0.3) is 5.91 Å². The number of halogens is 2. The van der Waals surface area contributed by atoms with Crippen molar-refractivity contribution < 1.29 is 9.59 Å². The molecule has 0 saturated carbocycles. The number of likely N-dealkylation sites (N-methyl/N-ethyl adjacent to an activating group) is 1. The fraction of sp³-hybridized carbons (Fsp3) is 0.143. The molecule has 7 heteroatoms. The van der Waals surface area contributed by atoms with E-state index in [9.17, 15) is 9.59 Å². The van der Waals surface area contributed by atoms with Gasteiger partial charge in [0, 0.05) is 12.7 Å². The number of anilines is 1. The Morgan fingerprint density at radius 3 is 2.62 bits per heavy atom. The van der Waals surface area contributed by atoms with Crippen molar-refractivity contribution in [3.63, 3.8) is 0 Å². The van der Waals surface area contributed by atoms with Crippen LogP contribution in [-0.2, 0) is 4.79 Å². The first-order valence-electron chi connectivity index (χ1n) is 6.01. The molecule has 0 saturated heterocycles. The largest absolute Gasteiger partial charge is 0.332 e. The quantitative estimate of drug-likeness (QED) is 0.919. The van der Waals surface area contributed by atoms with Crippen molar-refractivity contribution in [1.29, 1.82) is 0 Å². The van der Waals surface area contributed by atoms with Gasteiger partial charge in [-0.1, -0.05) is 29.3 Å². The normalized spacial score (nSPS) is 10.2. The van der Waals surface area contributed by atoms with Gasteiger partial charge in [0.1, 0.15) is 0 Å². The predicted molar refractivity (Wildman–Crippen MR) is 86.4 cm³/mol. The number of hydrogen-bond acceptors (Lipinski definition) is 3. The van der Waals surface area contributed by atoms with Gasteiger partial charge in [0.05, 0.1) is 21.5 Å². The van der Waals surface area contributed by atoms with Crippen LogP contribution in [0.5, 0.6) is 0 Å². The molecule has 1 aromatic carbocycles. The first-order valence-corrected chi connectivity index (χ1v) is 7.65. The number of hydrogen-bond donors (Lipinski definition) is 1. The fourth-order valence-electron chi connectivity index (χ4n) is 1.65. The van der Waals surface area contributed by atoms with Crippen LogP contribution in [0.2, 0.25) is 10.0 Å². The van der Waals surface area contributed by atoms with Crippen LogP contribution in [0.4, 0.5) is 5.69 Å². The monoisotopic (exact) mass is 342 g/mol. The van der Waals surface area contributed by atoms with Crippen LogP contribution < -0.4 is 5.32 Å². The van der Waals surface area contributed by atoms with Crippen molar-refractivity contribution in [3.8, 4) is 0 Å². The van der Waals surface area contributed by atoms with Crippen LogP contribution in [0.25, 0.3) is 0 Å². The lowest BCUT2D eigenvalue weighted by atomic mass is 10.3. The third kappa shape index (κ3) is 4.20. The molecule has 4 nitrogen and oxygen atoms in total. The summed E-state index contributed by atoms with van der Waals surface area (Å²) in [4.78, 5) is 25.9. The molecule has 0 bridgehead atoms. The van der Waals surface area contributed by atoms with E-state index in [1.165, 1.54) is 16.2 Å². The molecule has 0 aliphatic heterocycles. The van der Waals surface area contributed by atoms with Crippen LogP contribution in [0, 0.1) is 0 Å². The van der Waals surface area contributed by atoms with Crippen LogP contribution in [0.3, 0.4) is 0 Å². The second kappa shape index (κ2) is 6.93. The van der Waals surface area contributed by atoms with Gasteiger partial charge in [-0.25, -0.2) is 0 Å². The molecular weight excluding hydrogens is 331 g/mol. The van der Waals surface area contributed by atoms with Crippen molar-refractivity contribution in [2.45, 2.75) is 0 Å². The van der Waals surface area contributed by atoms with Crippen LogP contribution in [0.1, 0.15) is 9.67 Å². The zero-order valence-corrected chi connectivity index (χ0v) is 13.4. The standard InChI is InChI=1S/C14H12Cl2N2O2S/c1-18(14(20)12-3-2-6-21-12)8-13(19)17-9-4-5-10(15)11(16)7-9/h2-7H,8H2,1H3,(H,17,19). The molecule has 0 aliphatic carbocycles. The summed E-state index contributed by atoms with van der Waals surface area (Å²) in [6, 6.07) is 8.32. The van der Waals surface area contributed by atoms with E-state index in [2.05, 4.69) is 5.32 Å². The Hall–Kier alpha value is -1.56. The van der Waals surface area contributed by atoms with E-state index in [1.807, 2.05) is 5.38 Å². The number of rotatable bonds is 4. The number of amides is 2. The van der Waals surface area contributed by atoms with E-state index in [0.717, 1.165) is 0 Å². The van der Waals surface area contributed by atoms with E-state index < -0.39 is 0 Å². The Balaban J connectivity index is 1.95. The second-order valence-corrected chi connectivity index (χ2v) is 6.08. The SMILES string of the molecule is CN(CC(=O)Nc1ccc(Cl)c(Cl)c1)C(=O)c1cccs1. The highest BCUT2D eigenvalue weighted by Crippen LogP contribution is 2.24. The average molecular weight is 343 g/mol. The molecule has 0 spiro atoms. The zero-order chi connectivity index (χ0) is 15.4. The van der Waals surface area contributed by atoms with Gasteiger partial charge in [-0.3, -0.25) is 9.59 Å². The van der Waals surface area contributed by atoms with E-state index in [4.69, 9.17) is 23.2 Å². The summed E-state index contributed by atoms with van der Waals surface area (Å²) in [5, 5.41) is 5.26. The summed E-state index contributed by atoms with van der Waals surface area (Å²) in [6.45, 7) is -0.0447. The van der Waals surface area contributed by atoms with Gasteiger partial charge in [-0.15, -0.1) is 11.3 Å². The first kappa shape index (κ1) is 15.8. The van der Waals surface area contributed by atoms with Gasteiger partial charge in [0.2, 0.25) is 5.91 Å². The molecule has 1 heterocycles. The van der Waals surface area contributed by atoms with Gasteiger partial charge in [0.15, 0.2) is 0 Å². The number of thiophene rings is 1. The van der Waals surface area contributed by atoms with E-state index in [1.54, 1.807) is 37.4 Å². The van der Waals surface area contributed by atoms with Crippen molar-refractivity contribution in [2.75, 3.05) is 18.9 Å². The summed E-state index contributed by atoms with van der Waals surface area (Å²) in [6.07, 6.45) is 0. The molecule has 1 N–H and O–H groups in total. The van der Waals surface area contributed by atoms with Crippen molar-refractivity contribution in [3.05, 3.63) is 50.6 Å². The third-order valence-electron chi connectivity index (χ3n) is 2.66. The van der Waals surface area contributed by atoms with Gasteiger partial charge in [-0.2, -0.15) is 0 Å². The summed E-state index contributed by atoms with van der Waals surface area (Å²) in [5.74, 6) is -0.491. The fourth-order valence-corrected chi connectivity index (χ4v) is 2.67. The minimum absolute atomic E-state index is 0.0447. The Morgan fingerprint density at radius 1 is 1.24 bits per heavy atom. The maximum Gasteiger partial charge on any atom is 0.264 e. The van der Waals surface area contributed by atoms with Crippen molar-refractivity contribution >= 4 is 52.0 Å². The number of carbonyl (C=O) groups is 2. The Labute approximate surface area is 136 Å². The van der Waals surface area contributed by atoms with Crippen molar-refractivity contribution in [1.82, 2.24) is 4.90 Å². The van der Waals surface area contributed by atoms with E-state index in [0.29, 0.717) is 20.6 Å². The molecule has 0 fully saturated rings. The molecule has 2 amide bonds. The van der Waals surface area contributed by atoms with E-state index in [-0.39, 0.29) is 18.4 Å². The lowest BCUT2D eigenvalue weighted by molar-refractivity contribution is -0.116. The van der Waals surface area contributed by atoms with Gasteiger partial charge >= 0.3 is 0 Å². The lowest BCUT2D eigenvalue weighted by Crippen LogP contribution is -2.34. The highest BCUT2D eigenvalue weighted by molar-refractivity contribution is 7.12. The van der Waals surface area contributed by atoms with Gasteiger partial charge < -0.3 is 10.2 Å². The maximum atomic E-state index is 12.0. The summed E-state index contributed by atoms with van der Waals surface area (Å²) < 4.78 is 0. The Bertz CT molecular complexity index is 659. The Morgan fingerprint density at radius 2 is 2.00 bits per heavy atom. The zero-order valence-electron chi connectivity index (χ0n) is 11.1. The molecule has 0 aliphatic rings. The van der Waals surface area contributed by atoms with E-state index >= 15 is 0 Å². The summed E-state index contributed by atoms with van der Waals surface area (Å²) in [7, 11) is 1.58. The lowest BCUT2D eigenvalue weighted by Gasteiger charge is -2.16. The van der Waals surface area contributed by atoms with Crippen LogP contribution >= 0.6 is 34.5 Å². The smallest absolute Gasteiger partial charge is 0.264 e. The second-order valence-electron chi connectivity index (χ2n) is 4.32. The molecule has 2 rings (SSSR count). The minimum Gasteiger partial charge on any atom is -0.332 e. The molecule has 0 atom stereocenters. The van der Waals surface area contributed by atoms with Crippen LogP contribution in [0.15, 0.2) is 35.7 Å². The number of nitrogens with one attached hydrogen (secondary N) is 1. The number of carbonyl (C=O) groups excluding carboxylic acids is 2. The molecule has 21 heavy (non-hydrogen) atoms. The summed E-state index contributed by atoms with van der Waals surface area (Å²) in [5.41, 5.74) is 0.534. The highest BCUT2D eigenvalue weighted by atomic mass is 35.5.